The minimum Gasteiger partial charge on any atom is -0.303 e. The molecule has 158 valence electrons. The number of nitrogens with zero attached hydrogens (tertiary/aromatic N) is 2. The van der Waals surface area contributed by atoms with Crippen molar-refractivity contribution in [3.63, 3.8) is 0 Å². The standard InChI is InChI=1S/C24H41ClN2Si/c1-28(24-13-11-23(25)12-14-24,22-10-20-27-17-6-3-7-18-27)21-9-8-19-26-15-4-2-5-16-26/h11-14H,2-10,15-22H2,1H3. The van der Waals surface area contributed by atoms with E-state index in [9.17, 15) is 0 Å². The molecule has 1 unspecified atom stereocenters. The van der Waals surface area contributed by atoms with Crippen molar-refractivity contribution in [1.29, 1.82) is 0 Å². The Bertz CT molecular complexity index is 552. The molecule has 2 heterocycles. The van der Waals surface area contributed by atoms with E-state index < -0.39 is 8.07 Å². The van der Waals surface area contributed by atoms with Crippen LogP contribution in [0.2, 0.25) is 23.7 Å². The average molecular weight is 421 g/mol. The molecule has 0 aromatic heterocycles. The third kappa shape index (κ3) is 7.16. The minimum atomic E-state index is -1.42. The van der Waals surface area contributed by atoms with Gasteiger partial charge in [-0.1, -0.05) is 66.8 Å². The summed E-state index contributed by atoms with van der Waals surface area (Å²) in [5, 5.41) is 2.49. The second-order valence-electron chi connectivity index (χ2n) is 9.43. The van der Waals surface area contributed by atoms with Crippen LogP contribution in [0.3, 0.4) is 0 Å². The molecule has 0 amide bonds. The van der Waals surface area contributed by atoms with Gasteiger partial charge >= 0.3 is 0 Å². The van der Waals surface area contributed by atoms with E-state index in [1.165, 1.54) is 109 Å². The summed E-state index contributed by atoms with van der Waals surface area (Å²) in [7, 11) is -1.42. The Morgan fingerprint density at radius 1 is 0.714 bits per heavy atom. The molecule has 4 heteroatoms. The van der Waals surface area contributed by atoms with Crippen molar-refractivity contribution in [3.8, 4) is 0 Å². The molecule has 0 spiro atoms. The van der Waals surface area contributed by atoms with Crippen molar-refractivity contribution < 1.29 is 0 Å². The first kappa shape index (κ1) is 22.3. The molecule has 0 N–H and O–H groups in total. The van der Waals surface area contributed by atoms with Gasteiger partial charge in [-0.05, 0) is 89.9 Å². The molecule has 1 atom stereocenters. The molecule has 0 saturated carbocycles. The molecule has 1 aromatic carbocycles. The van der Waals surface area contributed by atoms with E-state index in [2.05, 4.69) is 40.6 Å². The lowest BCUT2D eigenvalue weighted by atomic mass is 10.1. The maximum Gasteiger partial charge on any atom is 0.0837 e. The van der Waals surface area contributed by atoms with Crippen molar-refractivity contribution in [1.82, 2.24) is 9.80 Å². The number of likely N-dealkylation sites (tertiary alicyclic amines) is 2. The molecule has 2 aliphatic heterocycles. The van der Waals surface area contributed by atoms with Gasteiger partial charge in [-0.15, -0.1) is 0 Å². The molecule has 0 bridgehead atoms. The molecule has 2 aliphatic rings. The molecular formula is C24H41ClN2Si. The lowest BCUT2D eigenvalue weighted by Gasteiger charge is -2.32. The van der Waals surface area contributed by atoms with Crippen molar-refractivity contribution >= 4 is 24.9 Å². The van der Waals surface area contributed by atoms with Crippen LogP contribution in [0.15, 0.2) is 24.3 Å². The topological polar surface area (TPSA) is 6.48 Å². The van der Waals surface area contributed by atoms with Crippen LogP contribution < -0.4 is 5.19 Å². The summed E-state index contributed by atoms with van der Waals surface area (Å²) in [5.74, 6) is 0. The predicted molar refractivity (Wildman–Crippen MR) is 127 cm³/mol. The lowest BCUT2D eigenvalue weighted by molar-refractivity contribution is 0.225. The van der Waals surface area contributed by atoms with Crippen LogP contribution in [0.25, 0.3) is 0 Å². The Kier molecular flexibility index (Phi) is 9.36. The number of hydrogen-bond donors (Lipinski definition) is 0. The third-order valence-electron chi connectivity index (χ3n) is 7.09. The number of piperidine rings is 2. The summed E-state index contributed by atoms with van der Waals surface area (Å²) in [6.07, 6.45) is 12.7. The van der Waals surface area contributed by atoms with Gasteiger partial charge in [-0.3, -0.25) is 0 Å². The predicted octanol–water partition coefficient (Wildman–Crippen LogP) is 5.77. The molecule has 2 fully saturated rings. The number of hydrogen-bond acceptors (Lipinski definition) is 2. The van der Waals surface area contributed by atoms with Gasteiger partial charge in [0.15, 0.2) is 0 Å². The Labute approximate surface area is 179 Å². The van der Waals surface area contributed by atoms with E-state index in [4.69, 9.17) is 11.6 Å². The number of benzene rings is 1. The van der Waals surface area contributed by atoms with Crippen LogP contribution in [0.1, 0.15) is 57.8 Å². The van der Waals surface area contributed by atoms with E-state index in [0.717, 1.165) is 5.02 Å². The highest BCUT2D eigenvalue weighted by atomic mass is 35.5. The zero-order chi connectivity index (χ0) is 19.7. The first-order valence-electron chi connectivity index (χ1n) is 11.9. The van der Waals surface area contributed by atoms with Crippen LogP contribution >= 0.6 is 11.6 Å². The van der Waals surface area contributed by atoms with Gasteiger partial charge in [-0.25, -0.2) is 0 Å². The van der Waals surface area contributed by atoms with Gasteiger partial charge in [0.25, 0.3) is 0 Å². The van der Waals surface area contributed by atoms with Gasteiger partial charge < -0.3 is 9.80 Å². The number of halogens is 1. The summed E-state index contributed by atoms with van der Waals surface area (Å²) < 4.78 is 0. The zero-order valence-corrected chi connectivity index (χ0v) is 19.9. The Hall–Kier alpha value is -0.353. The average Bonchev–Trinajstić information content (AvgIpc) is 2.73. The maximum absolute atomic E-state index is 6.18. The van der Waals surface area contributed by atoms with Crippen LogP contribution in [0, 0.1) is 0 Å². The second-order valence-corrected chi connectivity index (χ2v) is 14.6. The summed E-state index contributed by atoms with van der Waals surface area (Å²) in [5.41, 5.74) is 0. The highest BCUT2D eigenvalue weighted by Crippen LogP contribution is 2.23. The summed E-state index contributed by atoms with van der Waals surface area (Å²) in [4.78, 5) is 5.40. The van der Waals surface area contributed by atoms with Gasteiger partial charge in [0.2, 0.25) is 0 Å². The Morgan fingerprint density at radius 2 is 1.21 bits per heavy atom. The number of rotatable bonds is 10. The minimum absolute atomic E-state index is 0.874. The summed E-state index contributed by atoms with van der Waals surface area (Å²) >= 11 is 6.18. The van der Waals surface area contributed by atoms with E-state index >= 15 is 0 Å². The van der Waals surface area contributed by atoms with E-state index in [1.54, 1.807) is 5.19 Å². The molecule has 0 radical (unpaired) electrons. The molecule has 28 heavy (non-hydrogen) atoms. The summed E-state index contributed by atoms with van der Waals surface area (Å²) in [6, 6.07) is 11.7. The van der Waals surface area contributed by atoms with Gasteiger partial charge in [-0.2, -0.15) is 0 Å². The molecule has 1 aromatic rings. The smallest absolute Gasteiger partial charge is 0.0837 e. The Morgan fingerprint density at radius 3 is 1.79 bits per heavy atom. The third-order valence-corrected chi connectivity index (χ3v) is 12.0. The monoisotopic (exact) mass is 420 g/mol. The van der Waals surface area contributed by atoms with Crippen molar-refractivity contribution in [2.75, 3.05) is 39.3 Å². The molecule has 3 rings (SSSR count). The largest absolute Gasteiger partial charge is 0.303 e. The van der Waals surface area contributed by atoms with Gasteiger partial charge in [0.05, 0.1) is 8.07 Å². The van der Waals surface area contributed by atoms with E-state index in [1.807, 2.05) is 0 Å². The van der Waals surface area contributed by atoms with Crippen LogP contribution in [-0.2, 0) is 0 Å². The molecule has 0 aliphatic carbocycles. The second kappa shape index (κ2) is 11.7. The van der Waals surface area contributed by atoms with E-state index in [0.29, 0.717) is 0 Å². The fraction of sp³-hybridized carbons (Fsp3) is 0.750. The maximum atomic E-state index is 6.18. The zero-order valence-electron chi connectivity index (χ0n) is 18.1. The fourth-order valence-corrected chi connectivity index (χ4v) is 9.07. The van der Waals surface area contributed by atoms with Crippen molar-refractivity contribution in [2.24, 2.45) is 0 Å². The van der Waals surface area contributed by atoms with Crippen LogP contribution in [0.4, 0.5) is 0 Å². The highest BCUT2D eigenvalue weighted by Gasteiger charge is 2.29. The molecule has 2 saturated heterocycles. The van der Waals surface area contributed by atoms with Crippen molar-refractivity contribution in [2.45, 2.75) is 76.4 Å². The SMILES string of the molecule is C[Si](CCCCN1CCCCC1)(CCCN1CCCCC1)c1ccc(Cl)cc1. The lowest BCUT2D eigenvalue weighted by Crippen LogP contribution is -2.45. The first-order valence-corrected chi connectivity index (χ1v) is 15.2. The van der Waals surface area contributed by atoms with E-state index in [-0.39, 0.29) is 0 Å². The quantitative estimate of drug-likeness (QED) is 0.350. The first-order chi connectivity index (χ1) is 13.7. The molecular weight excluding hydrogens is 380 g/mol. The normalized spacial score (nSPS) is 21.5. The van der Waals surface area contributed by atoms with Gasteiger partial charge in [0, 0.05) is 5.02 Å². The van der Waals surface area contributed by atoms with Crippen LogP contribution in [-0.4, -0.2) is 57.1 Å². The van der Waals surface area contributed by atoms with Crippen LogP contribution in [0.5, 0.6) is 0 Å². The highest BCUT2D eigenvalue weighted by molar-refractivity contribution is 6.90. The van der Waals surface area contributed by atoms with Crippen molar-refractivity contribution in [3.05, 3.63) is 29.3 Å². The number of unbranched alkanes of at least 4 members (excludes halogenated alkanes) is 1. The Balaban J connectivity index is 1.50. The van der Waals surface area contributed by atoms with Gasteiger partial charge in [0.1, 0.15) is 0 Å². The fourth-order valence-electron chi connectivity index (χ4n) is 5.18. The molecule has 2 nitrogen and oxygen atoms in total. The summed E-state index contributed by atoms with van der Waals surface area (Å²) in [6.45, 7) is 10.6.